The Morgan fingerprint density at radius 1 is 0.347 bits per heavy atom. The standard InChI is InChI=1S/C93H142N28O26/c1-10-48(5)73(119-83(139)62(37-53-23-14-12-15-24-53)114-82(138)61(32-33-71(130)131)112-80(136)58(29-20-34-100-91(94)95)109-70(129)43-106-77(133)65(44-122)108-52(9)126)87(143)113-59(30-21-35-101-92(96)97)79(135)107-50(7)76(132)118-72(47(3)4)86(142)120-74(49(6)11-2)88(144)115-63(38-54-25-16-13-17-26-54)84(140)121-75(51(8)125)89(145)117-66(45-123)78(134)105-41-68(127)104-42-69(128)110-67(46-124)85(141)111-60(31-22-36-102-93(98)99)81(137)116-64(90(146)147)39-55-40-103-57-28-19-18-27-56(55)57/h12-19,23-28,40,47-51,58-67,72-75,103,122-125H,10-11,20-22,29-39,41-46H2,1-9H3,(H,104,127)(H,105,134)(H,106,133)(H,107,135)(H,108,126)(H,109,129)(H,110,128)(H,111,141)(H,112,136)(H,113,143)(H,114,138)(H,115,144)(H,116,137)(H,117,145)(H,118,132)(H,119,139)(H,120,142)(H,121,140)(H,130,131)(H,146,147)(H4,94,95,100)(H4,96,97,101)(H4,98,99,102)/t48-,49-,50-,51+,58-,59-,60-,61-,62-,63-,64-,65-,66-,67-,72-,73-,74-,75-/m0/s1. The van der Waals surface area contributed by atoms with Crippen LogP contribution in [0.4, 0.5) is 0 Å². The molecule has 4 aromatic rings. The third kappa shape index (κ3) is 44.6. The lowest BCUT2D eigenvalue weighted by Crippen LogP contribution is -2.63. The highest BCUT2D eigenvalue weighted by Crippen LogP contribution is 2.21. The molecular weight excluding hydrogens is 1930 g/mol. The molecule has 37 N–H and O–H groups in total. The first-order chi connectivity index (χ1) is 69.5. The van der Waals surface area contributed by atoms with Crippen LogP contribution in [-0.2, 0) is 115 Å². The Morgan fingerprint density at radius 2 is 0.687 bits per heavy atom. The summed E-state index contributed by atoms with van der Waals surface area (Å²) in [7, 11) is 0. The van der Waals surface area contributed by atoms with Gasteiger partial charge < -0.3 is 164 Å². The molecule has 54 nitrogen and oxygen atoms in total. The first-order valence-electron chi connectivity index (χ1n) is 47.7. The number of hydrogen-bond acceptors (Lipinski definition) is 27. The molecule has 4 rings (SSSR count). The van der Waals surface area contributed by atoms with Crippen LogP contribution in [0.25, 0.3) is 10.9 Å². The highest BCUT2D eigenvalue weighted by Gasteiger charge is 2.41. The zero-order valence-corrected chi connectivity index (χ0v) is 83.3. The van der Waals surface area contributed by atoms with E-state index >= 15 is 0 Å². The number of aliphatic carboxylic acids is 2. The Hall–Kier alpha value is -15.8. The molecule has 1 aromatic heterocycles. The van der Waals surface area contributed by atoms with Gasteiger partial charge in [0.1, 0.15) is 90.6 Å². The monoisotopic (exact) mass is 2070 g/mol. The second-order valence-corrected chi connectivity index (χ2v) is 35.3. The number of aliphatic hydroxyl groups excluding tert-OH is 4. The summed E-state index contributed by atoms with van der Waals surface area (Å²) in [5, 5.41) is 136. The lowest BCUT2D eigenvalue weighted by molar-refractivity contribution is -0.142. The highest BCUT2D eigenvalue weighted by molar-refractivity contribution is 6.02. The molecule has 1 heterocycles. The highest BCUT2D eigenvalue weighted by atomic mass is 16.4. The Bertz CT molecular complexity index is 5170. The fourth-order valence-corrected chi connectivity index (χ4v) is 14.5. The van der Waals surface area contributed by atoms with Crippen molar-refractivity contribution in [2.24, 2.45) is 35.0 Å². The van der Waals surface area contributed by atoms with Crippen LogP contribution in [0.15, 0.2) is 91.1 Å². The van der Waals surface area contributed by atoms with Gasteiger partial charge in [-0.25, -0.2) is 4.79 Å². The van der Waals surface area contributed by atoms with Gasteiger partial charge in [-0.3, -0.25) is 107 Å². The van der Waals surface area contributed by atoms with Crippen LogP contribution in [0.3, 0.4) is 0 Å². The molecule has 810 valence electrons. The van der Waals surface area contributed by atoms with Crippen molar-refractivity contribution < 1.29 is 127 Å². The molecule has 0 radical (unpaired) electrons. The van der Waals surface area contributed by atoms with Crippen LogP contribution in [0.5, 0.6) is 0 Å². The van der Waals surface area contributed by atoms with E-state index in [0.29, 0.717) is 27.6 Å². The number of amides is 18. The second kappa shape index (κ2) is 64.1. The van der Waals surface area contributed by atoms with Gasteiger partial charge in [0.05, 0.1) is 45.6 Å². The van der Waals surface area contributed by atoms with E-state index in [1.54, 1.807) is 133 Å². The molecule has 0 aliphatic carbocycles. The fourth-order valence-electron chi connectivity index (χ4n) is 14.5. The van der Waals surface area contributed by atoms with Crippen molar-refractivity contribution in [3.63, 3.8) is 0 Å². The number of carboxylic acids is 2. The minimum Gasteiger partial charge on any atom is -0.481 e. The van der Waals surface area contributed by atoms with E-state index in [4.69, 9.17) is 33.4 Å². The number of H-pyrrole nitrogens is 1. The Labute approximate surface area is 847 Å². The summed E-state index contributed by atoms with van der Waals surface area (Å²) < 4.78 is 0. The second-order valence-electron chi connectivity index (χ2n) is 35.3. The van der Waals surface area contributed by atoms with Crippen LogP contribution < -0.4 is 129 Å². The van der Waals surface area contributed by atoms with Crippen molar-refractivity contribution in [2.75, 3.05) is 59.1 Å². The van der Waals surface area contributed by atoms with E-state index in [0.717, 1.165) is 13.8 Å². The van der Waals surface area contributed by atoms with Gasteiger partial charge >= 0.3 is 11.9 Å². The first kappa shape index (κ1) is 124. The zero-order valence-electron chi connectivity index (χ0n) is 83.3. The number of rotatable bonds is 66. The normalized spacial score (nSPS) is 14.7. The SMILES string of the molecule is CC[C@H](C)[C@H](NC(=O)[C@H](Cc1ccccc1)NC(=O)[C@H](CCC(=O)O)NC(=O)[C@H](CCCNC(=N)N)NC(=O)CNC(=O)[C@H](CO)NC(C)=O)C(=O)N[C@@H](CCCNC(=N)N)C(=O)N[C@@H](C)C(=O)N[C@H](C(=O)N[C@H](C(=O)N[C@@H](Cc1ccccc1)C(=O)N[C@H](C(=O)N[C@@H](CO)C(=O)NCC(=O)NCC(=O)N[C@@H](CO)C(=O)N[C@@H](CCCNC(=N)N)C(=O)N[C@@H](Cc1c[nH]c2ccccc12)C(=O)O)[C@@H](C)O)[C@@H](C)CC)C(C)C. The Morgan fingerprint density at radius 3 is 1.12 bits per heavy atom. The number of carbonyl (C=O) groups is 20. The Balaban J connectivity index is 1.49. The van der Waals surface area contributed by atoms with Crippen molar-refractivity contribution in [3.05, 3.63) is 108 Å². The van der Waals surface area contributed by atoms with Crippen molar-refractivity contribution in [1.29, 1.82) is 16.2 Å². The molecule has 0 saturated heterocycles. The number of carbonyl (C=O) groups excluding carboxylic acids is 18. The summed E-state index contributed by atoms with van der Waals surface area (Å²) in [5.74, 6) is -24.8. The lowest BCUT2D eigenvalue weighted by atomic mass is 9.95. The topological polar surface area (TPSA) is 881 Å². The number of aliphatic hydroxyl groups is 4. The smallest absolute Gasteiger partial charge is 0.326 e. The zero-order chi connectivity index (χ0) is 110. The largest absolute Gasteiger partial charge is 0.481 e. The minimum atomic E-state index is -1.95. The van der Waals surface area contributed by atoms with Gasteiger partial charge in [0.25, 0.3) is 0 Å². The van der Waals surface area contributed by atoms with E-state index in [-0.39, 0.29) is 90.3 Å². The van der Waals surface area contributed by atoms with Crippen molar-refractivity contribution in [2.45, 2.75) is 243 Å². The summed E-state index contributed by atoms with van der Waals surface area (Å²) in [5.41, 5.74) is 18.5. The molecule has 18 atom stereocenters. The molecule has 0 aliphatic heterocycles. The third-order valence-corrected chi connectivity index (χ3v) is 23.2. The van der Waals surface area contributed by atoms with Crippen molar-refractivity contribution in [1.82, 2.24) is 117 Å². The predicted octanol–water partition coefficient (Wildman–Crippen LogP) is -9.30. The maximum absolute atomic E-state index is 14.9. The summed E-state index contributed by atoms with van der Waals surface area (Å²) in [6, 6.07) is -0.958. The number of carboxylic acid groups (broad SMARTS) is 2. The maximum atomic E-state index is 14.9. The van der Waals surface area contributed by atoms with Crippen molar-refractivity contribution in [3.8, 4) is 0 Å². The minimum absolute atomic E-state index is 0.00642. The lowest BCUT2D eigenvalue weighted by Gasteiger charge is -2.31. The summed E-state index contributed by atoms with van der Waals surface area (Å²) >= 11 is 0. The fraction of sp³-hybridized carbons (Fsp3) is 0.538. The van der Waals surface area contributed by atoms with Gasteiger partial charge in [0, 0.05) is 69.3 Å². The third-order valence-electron chi connectivity index (χ3n) is 23.2. The van der Waals surface area contributed by atoms with Crippen LogP contribution in [-0.4, -0.2) is 328 Å². The van der Waals surface area contributed by atoms with Crippen molar-refractivity contribution >= 4 is 147 Å². The molecule has 147 heavy (non-hydrogen) atoms. The number of fused-ring (bicyclic) bond motifs is 1. The number of para-hydroxylation sites is 1. The van der Waals surface area contributed by atoms with Crippen LogP contribution in [0, 0.1) is 34.0 Å². The average Bonchev–Trinajstić information content (AvgIpc) is 1.67. The summed E-state index contributed by atoms with van der Waals surface area (Å²) in [6.07, 6.45) is -2.37. The number of aromatic nitrogens is 1. The molecule has 0 fully saturated rings. The first-order valence-corrected chi connectivity index (χ1v) is 47.7. The van der Waals surface area contributed by atoms with E-state index in [1.165, 1.54) is 6.92 Å². The number of nitrogens with two attached hydrogens (primary N) is 3. The number of aromatic amines is 1. The summed E-state index contributed by atoms with van der Waals surface area (Å²) in [4.78, 5) is 278. The van der Waals surface area contributed by atoms with E-state index in [1.807, 2.05) is 0 Å². The molecule has 18 amide bonds. The van der Waals surface area contributed by atoms with Crippen LogP contribution in [0.2, 0.25) is 0 Å². The quantitative estimate of drug-likeness (QED) is 0.0111. The molecule has 0 saturated carbocycles. The number of guanidine groups is 3. The molecule has 0 spiro atoms. The van der Waals surface area contributed by atoms with Gasteiger partial charge in [0.2, 0.25) is 106 Å². The molecular formula is C93H142N28O26. The van der Waals surface area contributed by atoms with E-state index in [9.17, 15) is 127 Å². The van der Waals surface area contributed by atoms with E-state index in [2.05, 4.69) is 117 Å². The molecule has 0 unspecified atom stereocenters. The van der Waals surface area contributed by atoms with Crippen LogP contribution in [0.1, 0.15) is 143 Å². The van der Waals surface area contributed by atoms with Gasteiger partial charge in [0.15, 0.2) is 17.9 Å². The van der Waals surface area contributed by atoms with Gasteiger partial charge in [-0.05, 0) is 99.3 Å². The molecule has 3 aromatic carbocycles. The average molecular weight is 2070 g/mol. The maximum Gasteiger partial charge on any atom is 0.326 e. The predicted molar refractivity (Wildman–Crippen MR) is 530 cm³/mol. The molecule has 54 heteroatoms. The molecule has 0 bridgehead atoms. The van der Waals surface area contributed by atoms with E-state index < -0.39 is 303 Å². The van der Waals surface area contributed by atoms with Gasteiger partial charge in [-0.1, -0.05) is 133 Å². The number of benzene rings is 3. The Kier molecular flexibility index (Phi) is 53.9. The number of hydrogen-bond donors (Lipinski definition) is 34. The number of nitrogens with one attached hydrogen (secondary N) is 25. The molecule has 0 aliphatic rings. The summed E-state index contributed by atoms with van der Waals surface area (Å²) in [6.45, 7) is 7.37. The van der Waals surface area contributed by atoms with Gasteiger partial charge in [-0.15, -0.1) is 0 Å². The van der Waals surface area contributed by atoms with Crippen LogP contribution >= 0.6 is 0 Å². The van der Waals surface area contributed by atoms with Gasteiger partial charge in [-0.2, -0.15) is 0 Å².